The molecule has 0 unspecified atom stereocenters. The molecule has 1 aromatic heterocycles. The van der Waals surface area contributed by atoms with E-state index in [9.17, 15) is 4.79 Å². The molecule has 1 heterocycles. The van der Waals surface area contributed by atoms with Gasteiger partial charge in [0.25, 0.3) is 0 Å². The number of nitrogens with zero attached hydrogens (tertiary/aromatic N) is 1. The smallest absolute Gasteiger partial charge is 0.218 e. The Morgan fingerprint density at radius 2 is 2.50 bits per heavy atom. The Labute approximate surface area is 71.6 Å². The fourth-order valence-corrected chi connectivity index (χ4v) is 1.09. The summed E-state index contributed by atoms with van der Waals surface area (Å²) in [6.07, 6.45) is 3.85. The lowest BCUT2D eigenvalue weighted by Crippen LogP contribution is -2.13. The van der Waals surface area contributed by atoms with E-state index < -0.39 is 0 Å². The van der Waals surface area contributed by atoms with Crippen LogP contribution >= 0.6 is 0 Å². The van der Waals surface area contributed by atoms with Crippen LogP contribution < -0.4 is 5.73 Å². The zero-order chi connectivity index (χ0) is 8.97. The summed E-state index contributed by atoms with van der Waals surface area (Å²) in [5.74, 6) is -0.109. The summed E-state index contributed by atoms with van der Waals surface area (Å²) in [5.41, 5.74) is 6.12. The van der Waals surface area contributed by atoms with Gasteiger partial charge in [-0.05, 0) is 17.5 Å². The van der Waals surface area contributed by atoms with Crippen molar-refractivity contribution in [2.45, 2.75) is 19.3 Å². The summed E-state index contributed by atoms with van der Waals surface area (Å²) in [6.45, 7) is 1.96. The Balaban J connectivity index is 2.65. The van der Waals surface area contributed by atoms with Gasteiger partial charge in [0, 0.05) is 18.8 Å². The molecule has 12 heavy (non-hydrogen) atoms. The first-order valence-corrected chi connectivity index (χ1v) is 3.88. The number of rotatable bonds is 3. The van der Waals surface area contributed by atoms with E-state index in [0.29, 0.717) is 6.42 Å². The number of primary amides is 1. The highest BCUT2D eigenvalue weighted by Crippen LogP contribution is 2.16. The molecule has 0 spiro atoms. The standard InChI is InChI=1S/C9H12N2O/c1-7(5-9(10)12)8-3-2-4-11-6-8/h2-4,6-7H,5H2,1H3,(H2,10,12)/t7-/m0/s1. The minimum absolute atomic E-state index is 0.163. The van der Waals surface area contributed by atoms with Gasteiger partial charge in [-0.3, -0.25) is 9.78 Å². The number of aromatic nitrogens is 1. The first-order chi connectivity index (χ1) is 5.70. The van der Waals surface area contributed by atoms with E-state index in [1.54, 1.807) is 12.4 Å². The number of nitrogens with two attached hydrogens (primary N) is 1. The highest BCUT2D eigenvalue weighted by molar-refractivity contribution is 5.74. The fraction of sp³-hybridized carbons (Fsp3) is 0.333. The predicted molar refractivity (Wildman–Crippen MR) is 46.5 cm³/mol. The van der Waals surface area contributed by atoms with Crippen LogP contribution in [0.1, 0.15) is 24.8 Å². The van der Waals surface area contributed by atoms with Gasteiger partial charge in [0.05, 0.1) is 0 Å². The normalized spacial score (nSPS) is 12.4. The van der Waals surface area contributed by atoms with Crippen LogP contribution in [0.3, 0.4) is 0 Å². The Kier molecular flexibility index (Phi) is 2.80. The van der Waals surface area contributed by atoms with Crippen LogP contribution in [0.4, 0.5) is 0 Å². The van der Waals surface area contributed by atoms with Gasteiger partial charge >= 0.3 is 0 Å². The highest BCUT2D eigenvalue weighted by atomic mass is 16.1. The molecular formula is C9H12N2O. The highest BCUT2D eigenvalue weighted by Gasteiger charge is 2.07. The average molecular weight is 164 g/mol. The average Bonchev–Trinajstić information content (AvgIpc) is 2.05. The molecule has 1 aromatic rings. The van der Waals surface area contributed by atoms with E-state index in [1.165, 1.54) is 0 Å². The van der Waals surface area contributed by atoms with E-state index in [2.05, 4.69) is 4.98 Å². The third-order valence-corrected chi connectivity index (χ3v) is 1.76. The molecular weight excluding hydrogens is 152 g/mol. The largest absolute Gasteiger partial charge is 0.370 e. The Bertz CT molecular complexity index is 258. The number of amides is 1. The molecule has 0 fully saturated rings. The summed E-state index contributed by atoms with van der Waals surface area (Å²) in [6, 6.07) is 3.80. The van der Waals surface area contributed by atoms with Crippen LogP contribution in [0.15, 0.2) is 24.5 Å². The lowest BCUT2D eigenvalue weighted by molar-refractivity contribution is -0.118. The summed E-state index contributed by atoms with van der Waals surface area (Å²) in [7, 11) is 0. The van der Waals surface area contributed by atoms with Crippen molar-refractivity contribution in [3.05, 3.63) is 30.1 Å². The van der Waals surface area contributed by atoms with Gasteiger partial charge in [-0.15, -0.1) is 0 Å². The van der Waals surface area contributed by atoms with Crippen LogP contribution in [0.5, 0.6) is 0 Å². The van der Waals surface area contributed by atoms with Gasteiger partial charge in [0.2, 0.25) is 5.91 Å². The molecule has 0 aliphatic rings. The Morgan fingerprint density at radius 1 is 1.75 bits per heavy atom. The maximum absolute atomic E-state index is 10.6. The van der Waals surface area contributed by atoms with Crippen molar-refractivity contribution >= 4 is 5.91 Å². The molecule has 0 aliphatic heterocycles. The summed E-state index contributed by atoms with van der Waals surface area (Å²) in [4.78, 5) is 14.5. The first-order valence-electron chi connectivity index (χ1n) is 3.88. The summed E-state index contributed by atoms with van der Waals surface area (Å²) >= 11 is 0. The molecule has 2 N–H and O–H groups in total. The molecule has 64 valence electrons. The molecule has 0 bridgehead atoms. The maximum atomic E-state index is 10.6. The molecule has 1 rings (SSSR count). The van der Waals surface area contributed by atoms with Gasteiger partial charge < -0.3 is 5.73 Å². The van der Waals surface area contributed by atoms with Crippen LogP contribution in [0.2, 0.25) is 0 Å². The molecule has 0 aromatic carbocycles. The SMILES string of the molecule is C[C@@H](CC(N)=O)c1cccnc1. The van der Waals surface area contributed by atoms with Gasteiger partial charge in [-0.1, -0.05) is 13.0 Å². The molecule has 0 saturated heterocycles. The zero-order valence-corrected chi connectivity index (χ0v) is 7.03. The number of carbonyl (C=O) groups excluding carboxylic acids is 1. The number of hydrogen-bond acceptors (Lipinski definition) is 2. The van der Waals surface area contributed by atoms with Crippen molar-refractivity contribution in [1.29, 1.82) is 0 Å². The van der Waals surface area contributed by atoms with Gasteiger partial charge in [-0.25, -0.2) is 0 Å². The monoisotopic (exact) mass is 164 g/mol. The van der Waals surface area contributed by atoms with Crippen molar-refractivity contribution in [2.24, 2.45) is 5.73 Å². The van der Waals surface area contributed by atoms with Gasteiger partial charge in [-0.2, -0.15) is 0 Å². The fourth-order valence-electron chi connectivity index (χ4n) is 1.09. The predicted octanol–water partition coefficient (Wildman–Crippen LogP) is 1.06. The molecule has 1 amide bonds. The number of pyridine rings is 1. The van der Waals surface area contributed by atoms with Gasteiger partial charge in [0.15, 0.2) is 0 Å². The molecule has 0 saturated carbocycles. The van der Waals surface area contributed by atoms with Crippen molar-refractivity contribution in [2.75, 3.05) is 0 Å². The molecule has 0 aliphatic carbocycles. The molecule has 3 nitrogen and oxygen atoms in total. The lowest BCUT2D eigenvalue weighted by atomic mass is 10.00. The minimum atomic E-state index is -0.272. The van der Waals surface area contributed by atoms with E-state index in [4.69, 9.17) is 5.73 Å². The van der Waals surface area contributed by atoms with Crippen molar-refractivity contribution in [3.8, 4) is 0 Å². The second-order valence-electron chi connectivity index (χ2n) is 2.86. The quantitative estimate of drug-likeness (QED) is 0.726. The van der Waals surface area contributed by atoms with Crippen LogP contribution in [-0.2, 0) is 4.79 Å². The topological polar surface area (TPSA) is 56.0 Å². The number of carbonyl (C=O) groups is 1. The van der Waals surface area contributed by atoms with Gasteiger partial charge in [0.1, 0.15) is 0 Å². The second kappa shape index (κ2) is 3.85. The second-order valence-corrected chi connectivity index (χ2v) is 2.86. The summed E-state index contributed by atoms with van der Waals surface area (Å²) < 4.78 is 0. The third-order valence-electron chi connectivity index (χ3n) is 1.76. The summed E-state index contributed by atoms with van der Waals surface area (Å²) in [5, 5.41) is 0. The van der Waals surface area contributed by atoms with E-state index >= 15 is 0 Å². The molecule has 0 radical (unpaired) electrons. The third kappa shape index (κ3) is 2.34. The molecule has 3 heteroatoms. The van der Waals surface area contributed by atoms with Crippen LogP contribution in [-0.4, -0.2) is 10.9 Å². The zero-order valence-electron chi connectivity index (χ0n) is 7.03. The van der Waals surface area contributed by atoms with Crippen molar-refractivity contribution < 1.29 is 4.79 Å². The lowest BCUT2D eigenvalue weighted by Gasteiger charge is -2.07. The maximum Gasteiger partial charge on any atom is 0.218 e. The Hall–Kier alpha value is -1.38. The first kappa shape index (κ1) is 8.71. The van der Waals surface area contributed by atoms with E-state index in [0.717, 1.165) is 5.56 Å². The number of hydrogen-bond donors (Lipinski definition) is 1. The van der Waals surface area contributed by atoms with E-state index in [1.807, 2.05) is 19.1 Å². The van der Waals surface area contributed by atoms with E-state index in [-0.39, 0.29) is 11.8 Å². The van der Waals surface area contributed by atoms with Crippen molar-refractivity contribution in [1.82, 2.24) is 4.98 Å². The Morgan fingerprint density at radius 3 is 3.00 bits per heavy atom. The van der Waals surface area contributed by atoms with Crippen LogP contribution in [0, 0.1) is 0 Å². The molecule has 1 atom stereocenters. The minimum Gasteiger partial charge on any atom is -0.370 e. The van der Waals surface area contributed by atoms with Crippen LogP contribution in [0.25, 0.3) is 0 Å². The van der Waals surface area contributed by atoms with Crippen molar-refractivity contribution in [3.63, 3.8) is 0 Å².